The summed E-state index contributed by atoms with van der Waals surface area (Å²) < 4.78 is 0. The zero-order chi connectivity index (χ0) is 21.5. The first kappa shape index (κ1) is 20.1. The number of nitrogens with zero attached hydrogens (tertiary/aromatic N) is 1. The maximum absolute atomic E-state index is 13.3. The molecule has 1 aliphatic rings. The standard InChI is InChI=1S/C24H21ClN2O3/c1-15-10-11-20(16(2)12-15)26-22(28)14-27-21-9-4-3-8-19(21)24(30,23(27)29)17-6-5-7-18(25)13-17/h3-13,30H,14H2,1-2H3,(H,26,28). The van der Waals surface area contributed by atoms with Crippen molar-refractivity contribution in [1.82, 2.24) is 0 Å². The number of benzene rings is 3. The molecule has 2 N–H and O–H groups in total. The van der Waals surface area contributed by atoms with Gasteiger partial charge in [0.05, 0.1) is 5.69 Å². The molecule has 1 heterocycles. The smallest absolute Gasteiger partial charge is 0.268 e. The predicted molar refractivity (Wildman–Crippen MR) is 118 cm³/mol. The number of carbonyl (C=O) groups is 2. The van der Waals surface area contributed by atoms with Crippen molar-refractivity contribution in [3.05, 3.63) is 94.0 Å². The van der Waals surface area contributed by atoms with Crippen LogP contribution in [-0.4, -0.2) is 23.5 Å². The number of anilines is 2. The molecule has 0 spiro atoms. The van der Waals surface area contributed by atoms with E-state index in [1.807, 2.05) is 32.0 Å². The number of aliphatic hydroxyl groups is 1. The van der Waals surface area contributed by atoms with Crippen molar-refractivity contribution in [3.63, 3.8) is 0 Å². The number of hydrogen-bond donors (Lipinski definition) is 2. The van der Waals surface area contributed by atoms with E-state index >= 15 is 0 Å². The van der Waals surface area contributed by atoms with Gasteiger partial charge in [0.25, 0.3) is 5.91 Å². The van der Waals surface area contributed by atoms with E-state index in [-0.39, 0.29) is 12.5 Å². The highest BCUT2D eigenvalue weighted by atomic mass is 35.5. The highest BCUT2D eigenvalue weighted by Gasteiger charge is 2.51. The van der Waals surface area contributed by atoms with Crippen LogP contribution in [-0.2, 0) is 15.2 Å². The first-order chi connectivity index (χ1) is 14.3. The fraction of sp³-hybridized carbons (Fsp3) is 0.167. The molecule has 30 heavy (non-hydrogen) atoms. The number of carbonyl (C=O) groups excluding carboxylic acids is 2. The fourth-order valence-corrected chi connectivity index (χ4v) is 4.06. The van der Waals surface area contributed by atoms with Crippen LogP contribution in [0.4, 0.5) is 11.4 Å². The van der Waals surface area contributed by atoms with Crippen molar-refractivity contribution in [2.75, 3.05) is 16.8 Å². The number of para-hydroxylation sites is 1. The number of aryl methyl sites for hydroxylation is 2. The minimum absolute atomic E-state index is 0.216. The summed E-state index contributed by atoms with van der Waals surface area (Å²) >= 11 is 6.10. The predicted octanol–water partition coefficient (Wildman–Crippen LogP) is 4.18. The zero-order valence-electron chi connectivity index (χ0n) is 16.6. The molecule has 0 fully saturated rings. The minimum atomic E-state index is -1.90. The third-order valence-corrected chi connectivity index (χ3v) is 5.57. The number of fused-ring (bicyclic) bond motifs is 1. The topological polar surface area (TPSA) is 69.6 Å². The molecule has 152 valence electrons. The molecule has 1 aliphatic heterocycles. The van der Waals surface area contributed by atoms with Crippen LogP contribution < -0.4 is 10.2 Å². The monoisotopic (exact) mass is 420 g/mol. The van der Waals surface area contributed by atoms with Gasteiger partial charge in [-0.25, -0.2) is 0 Å². The molecule has 6 heteroatoms. The van der Waals surface area contributed by atoms with Gasteiger partial charge < -0.3 is 10.4 Å². The van der Waals surface area contributed by atoms with E-state index in [9.17, 15) is 14.7 Å². The molecule has 3 aromatic rings. The molecule has 2 amide bonds. The minimum Gasteiger partial charge on any atom is -0.372 e. The summed E-state index contributed by atoms with van der Waals surface area (Å²) in [5, 5.41) is 14.7. The summed E-state index contributed by atoms with van der Waals surface area (Å²) in [5.41, 5.74) is 2.12. The second-order valence-corrected chi connectivity index (χ2v) is 7.93. The van der Waals surface area contributed by atoms with Crippen LogP contribution in [0.1, 0.15) is 22.3 Å². The summed E-state index contributed by atoms with van der Waals surface area (Å²) in [4.78, 5) is 27.4. The van der Waals surface area contributed by atoms with Gasteiger partial charge in [-0.15, -0.1) is 0 Å². The Kier molecular flexibility index (Phi) is 5.10. The van der Waals surface area contributed by atoms with Crippen LogP contribution in [0.3, 0.4) is 0 Å². The number of nitrogens with one attached hydrogen (secondary N) is 1. The normalized spacial score (nSPS) is 17.7. The van der Waals surface area contributed by atoms with E-state index in [0.717, 1.165) is 11.1 Å². The Morgan fingerprint density at radius 1 is 1.07 bits per heavy atom. The summed E-state index contributed by atoms with van der Waals surface area (Å²) in [6, 6.07) is 19.2. The van der Waals surface area contributed by atoms with Gasteiger partial charge >= 0.3 is 0 Å². The lowest BCUT2D eigenvalue weighted by molar-refractivity contribution is -0.133. The lowest BCUT2D eigenvalue weighted by Crippen LogP contribution is -2.44. The van der Waals surface area contributed by atoms with Crippen LogP contribution in [0.15, 0.2) is 66.7 Å². The molecule has 3 aromatic carbocycles. The highest BCUT2D eigenvalue weighted by molar-refractivity contribution is 6.30. The number of halogens is 1. The van der Waals surface area contributed by atoms with Crippen LogP contribution in [0.2, 0.25) is 5.02 Å². The molecule has 5 nitrogen and oxygen atoms in total. The van der Waals surface area contributed by atoms with Gasteiger partial charge in [0.15, 0.2) is 5.60 Å². The molecule has 1 unspecified atom stereocenters. The van der Waals surface area contributed by atoms with E-state index in [1.165, 1.54) is 4.90 Å². The summed E-state index contributed by atoms with van der Waals surface area (Å²) in [5.74, 6) is -0.929. The lowest BCUT2D eigenvalue weighted by atomic mass is 9.87. The van der Waals surface area contributed by atoms with Crippen LogP contribution in [0.5, 0.6) is 0 Å². The number of hydrogen-bond acceptors (Lipinski definition) is 3. The molecule has 0 bridgehead atoms. The van der Waals surface area contributed by atoms with Gasteiger partial charge in [0.1, 0.15) is 6.54 Å². The van der Waals surface area contributed by atoms with Gasteiger partial charge in [0, 0.05) is 16.3 Å². The zero-order valence-corrected chi connectivity index (χ0v) is 17.4. The van der Waals surface area contributed by atoms with Crippen molar-refractivity contribution in [1.29, 1.82) is 0 Å². The van der Waals surface area contributed by atoms with E-state index in [2.05, 4.69) is 5.32 Å². The fourth-order valence-electron chi connectivity index (χ4n) is 3.87. The second kappa shape index (κ2) is 7.59. The molecular weight excluding hydrogens is 400 g/mol. The first-order valence-corrected chi connectivity index (χ1v) is 9.95. The summed E-state index contributed by atoms with van der Waals surface area (Å²) in [6.45, 7) is 3.68. The van der Waals surface area contributed by atoms with E-state index in [0.29, 0.717) is 27.5 Å². The third kappa shape index (κ3) is 3.36. The molecule has 0 saturated heterocycles. The van der Waals surface area contributed by atoms with E-state index < -0.39 is 11.5 Å². The maximum Gasteiger partial charge on any atom is 0.268 e. The molecular formula is C24H21ClN2O3. The summed E-state index contributed by atoms with van der Waals surface area (Å²) in [7, 11) is 0. The Hall–Kier alpha value is -3.15. The van der Waals surface area contributed by atoms with Crippen molar-refractivity contribution in [3.8, 4) is 0 Å². The Balaban J connectivity index is 1.66. The van der Waals surface area contributed by atoms with Gasteiger partial charge in [-0.1, -0.05) is 59.6 Å². The Morgan fingerprint density at radius 2 is 1.83 bits per heavy atom. The van der Waals surface area contributed by atoms with Crippen LogP contribution in [0, 0.1) is 13.8 Å². The molecule has 0 radical (unpaired) electrons. The number of amides is 2. The van der Waals surface area contributed by atoms with Gasteiger partial charge in [-0.05, 0) is 49.2 Å². The Morgan fingerprint density at radius 3 is 2.57 bits per heavy atom. The second-order valence-electron chi connectivity index (χ2n) is 7.50. The Labute approximate surface area is 179 Å². The van der Waals surface area contributed by atoms with Crippen LogP contribution >= 0.6 is 11.6 Å². The molecule has 0 aromatic heterocycles. The molecule has 0 aliphatic carbocycles. The lowest BCUT2D eigenvalue weighted by Gasteiger charge is -2.24. The molecule has 4 rings (SSSR count). The average Bonchev–Trinajstić information content (AvgIpc) is 2.93. The number of rotatable bonds is 4. The van der Waals surface area contributed by atoms with E-state index in [1.54, 1.807) is 48.5 Å². The van der Waals surface area contributed by atoms with Crippen molar-refractivity contribution in [2.24, 2.45) is 0 Å². The van der Waals surface area contributed by atoms with Crippen molar-refractivity contribution >= 4 is 34.8 Å². The maximum atomic E-state index is 13.3. The first-order valence-electron chi connectivity index (χ1n) is 9.57. The van der Waals surface area contributed by atoms with Crippen molar-refractivity contribution < 1.29 is 14.7 Å². The summed E-state index contributed by atoms with van der Waals surface area (Å²) in [6.07, 6.45) is 0. The highest BCUT2D eigenvalue weighted by Crippen LogP contribution is 2.44. The van der Waals surface area contributed by atoms with Gasteiger partial charge in [-0.2, -0.15) is 0 Å². The van der Waals surface area contributed by atoms with Gasteiger partial charge in [-0.3, -0.25) is 14.5 Å². The molecule has 0 saturated carbocycles. The Bertz CT molecular complexity index is 1160. The average molecular weight is 421 g/mol. The molecule has 1 atom stereocenters. The quantitative estimate of drug-likeness (QED) is 0.665. The SMILES string of the molecule is Cc1ccc(NC(=O)CN2C(=O)C(O)(c3cccc(Cl)c3)c3ccccc32)c(C)c1. The van der Waals surface area contributed by atoms with Crippen LogP contribution in [0.25, 0.3) is 0 Å². The third-order valence-electron chi connectivity index (χ3n) is 5.34. The van der Waals surface area contributed by atoms with Gasteiger partial charge in [0.2, 0.25) is 5.91 Å². The largest absolute Gasteiger partial charge is 0.372 e. The van der Waals surface area contributed by atoms with Crippen molar-refractivity contribution in [2.45, 2.75) is 19.4 Å². The van der Waals surface area contributed by atoms with E-state index in [4.69, 9.17) is 11.6 Å².